The first-order valence-corrected chi connectivity index (χ1v) is 9.16. The molecule has 0 spiro atoms. The van der Waals surface area contributed by atoms with Gasteiger partial charge in [-0.25, -0.2) is 0 Å². The highest BCUT2D eigenvalue weighted by Crippen LogP contribution is 2.28. The van der Waals surface area contributed by atoms with E-state index in [9.17, 15) is 4.21 Å². The standard InChI is InChI=1S/C15H31N3O2S.HI/c1-15(2,3)21(19)11-9-18-14(16-4)17-8-5-10-20-12-13-6-7-13;/h13H,5-12H2,1-4H3,(H2,16,17,18);1H. The average Bonchev–Trinajstić information content (AvgIpc) is 3.23. The van der Waals surface area contributed by atoms with E-state index in [0.29, 0.717) is 12.3 Å². The van der Waals surface area contributed by atoms with Gasteiger partial charge in [0.15, 0.2) is 5.96 Å². The highest BCUT2D eigenvalue weighted by Gasteiger charge is 2.21. The lowest BCUT2D eigenvalue weighted by Crippen LogP contribution is -2.40. The monoisotopic (exact) mass is 445 g/mol. The van der Waals surface area contributed by atoms with Crippen molar-refractivity contribution in [3.05, 3.63) is 0 Å². The fourth-order valence-corrected chi connectivity index (χ4v) is 2.60. The Labute approximate surface area is 154 Å². The van der Waals surface area contributed by atoms with Gasteiger partial charge in [-0.2, -0.15) is 0 Å². The second kappa shape index (κ2) is 11.6. The maximum Gasteiger partial charge on any atom is 0.191 e. The lowest BCUT2D eigenvalue weighted by atomic mass is 10.3. The number of hydrogen-bond acceptors (Lipinski definition) is 3. The SMILES string of the molecule is CN=C(NCCCOCC1CC1)NCCS(=O)C(C)(C)C.I. The molecule has 1 atom stereocenters. The minimum absolute atomic E-state index is 0. The van der Waals surface area contributed by atoms with E-state index in [1.165, 1.54) is 12.8 Å². The number of aliphatic imine (C=N–C) groups is 1. The van der Waals surface area contributed by atoms with Gasteiger partial charge in [-0.05, 0) is 46.0 Å². The van der Waals surface area contributed by atoms with E-state index in [2.05, 4.69) is 15.6 Å². The van der Waals surface area contributed by atoms with Crippen molar-refractivity contribution in [1.29, 1.82) is 0 Å². The Morgan fingerprint density at radius 1 is 1.27 bits per heavy atom. The van der Waals surface area contributed by atoms with E-state index in [4.69, 9.17) is 4.74 Å². The van der Waals surface area contributed by atoms with E-state index in [0.717, 1.165) is 38.1 Å². The van der Waals surface area contributed by atoms with Gasteiger partial charge in [0, 0.05) is 54.7 Å². The zero-order valence-corrected chi connectivity index (χ0v) is 17.5. The summed E-state index contributed by atoms with van der Waals surface area (Å²) in [6.07, 6.45) is 3.65. The molecule has 0 radical (unpaired) electrons. The number of hydrogen-bond donors (Lipinski definition) is 2. The number of rotatable bonds is 9. The molecule has 0 heterocycles. The first kappa shape index (κ1) is 22.1. The quantitative estimate of drug-likeness (QED) is 0.247. The third-order valence-electron chi connectivity index (χ3n) is 3.29. The van der Waals surface area contributed by atoms with E-state index in [1.807, 2.05) is 20.8 Å². The van der Waals surface area contributed by atoms with Gasteiger partial charge in [-0.3, -0.25) is 9.20 Å². The molecule has 1 rings (SSSR count). The summed E-state index contributed by atoms with van der Waals surface area (Å²) in [5.41, 5.74) is 0. The third-order valence-corrected chi connectivity index (χ3v) is 5.24. The number of guanidine groups is 1. The van der Waals surface area contributed by atoms with E-state index in [1.54, 1.807) is 7.05 Å². The summed E-state index contributed by atoms with van der Waals surface area (Å²) >= 11 is 0. The number of nitrogens with one attached hydrogen (secondary N) is 2. The topological polar surface area (TPSA) is 62.7 Å². The molecule has 1 fully saturated rings. The molecule has 1 saturated carbocycles. The number of nitrogens with zero attached hydrogens (tertiary/aromatic N) is 1. The van der Waals surface area contributed by atoms with Crippen LogP contribution in [0.4, 0.5) is 0 Å². The molecule has 0 saturated heterocycles. The lowest BCUT2D eigenvalue weighted by molar-refractivity contribution is 0.123. The molecular formula is C15H32IN3O2S. The molecular weight excluding hydrogens is 413 g/mol. The summed E-state index contributed by atoms with van der Waals surface area (Å²) in [6.45, 7) is 9.22. The van der Waals surface area contributed by atoms with Gasteiger partial charge in [0.05, 0.1) is 0 Å². The Balaban J connectivity index is 0.00000441. The highest BCUT2D eigenvalue weighted by atomic mass is 127. The van der Waals surface area contributed by atoms with Crippen LogP contribution in [0.5, 0.6) is 0 Å². The molecule has 22 heavy (non-hydrogen) atoms. The van der Waals surface area contributed by atoms with Crippen LogP contribution in [0.15, 0.2) is 4.99 Å². The Morgan fingerprint density at radius 2 is 1.91 bits per heavy atom. The van der Waals surface area contributed by atoms with Crippen LogP contribution in [-0.2, 0) is 15.5 Å². The first-order valence-electron chi connectivity index (χ1n) is 7.84. The summed E-state index contributed by atoms with van der Waals surface area (Å²) in [7, 11) is 0.920. The average molecular weight is 445 g/mol. The van der Waals surface area contributed by atoms with Crippen LogP contribution in [0, 0.1) is 5.92 Å². The van der Waals surface area contributed by atoms with Gasteiger partial charge in [-0.15, -0.1) is 24.0 Å². The maximum atomic E-state index is 11.9. The molecule has 7 heteroatoms. The van der Waals surface area contributed by atoms with Gasteiger partial charge in [0.25, 0.3) is 0 Å². The molecule has 0 aromatic heterocycles. The Morgan fingerprint density at radius 3 is 2.45 bits per heavy atom. The van der Waals surface area contributed by atoms with Gasteiger partial charge < -0.3 is 15.4 Å². The number of halogens is 1. The molecule has 0 aromatic carbocycles. The first-order chi connectivity index (χ1) is 9.93. The molecule has 0 amide bonds. The molecule has 1 aliphatic carbocycles. The van der Waals surface area contributed by atoms with Crippen molar-refractivity contribution in [1.82, 2.24) is 10.6 Å². The van der Waals surface area contributed by atoms with Crippen LogP contribution >= 0.6 is 24.0 Å². The normalized spacial score (nSPS) is 16.8. The Hall–Kier alpha value is 0.110. The van der Waals surface area contributed by atoms with Crippen LogP contribution in [0.25, 0.3) is 0 Å². The summed E-state index contributed by atoms with van der Waals surface area (Å²) < 4.78 is 17.3. The van der Waals surface area contributed by atoms with E-state index < -0.39 is 10.8 Å². The van der Waals surface area contributed by atoms with Crippen molar-refractivity contribution in [2.24, 2.45) is 10.9 Å². The van der Waals surface area contributed by atoms with Crippen LogP contribution in [0.2, 0.25) is 0 Å². The summed E-state index contributed by atoms with van der Waals surface area (Å²) in [6, 6.07) is 0. The zero-order valence-electron chi connectivity index (χ0n) is 14.3. The molecule has 1 aliphatic rings. The van der Waals surface area contributed by atoms with E-state index in [-0.39, 0.29) is 28.7 Å². The van der Waals surface area contributed by atoms with Crippen molar-refractivity contribution < 1.29 is 8.95 Å². The highest BCUT2D eigenvalue weighted by molar-refractivity contribution is 14.0. The maximum absolute atomic E-state index is 11.9. The molecule has 2 N–H and O–H groups in total. The second-order valence-electron chi connectivity index (χ2n) is 6.46. The van der Waals surface area contributed by atoms with Crippen molar-refractivity contribution >= 4 is 40.7 Å². The summed E-state index contributed by atoms with van der Waals surface area (Å²) in [5.74, 6) is 2.23. The summed E-state index contributed by atoms with van der Waals surface area (Å²) in [4.78, 5) is 4.16. The van der Waals surface area contributed by atoms with Gasteiger partial charge in [0.2, 0.25) is 0 Å². The molecule has 0 aromatic rings. The zero-order chi connectivity index (χ0) is 15.7. The Bertz CT molecular complexity index is 355. The van der Waals surface area contributed by atoms with Crippen LogP contribution in [-0.4, -0.2) is 54.0 Å². The predicted octanol–water partition coefficient (Wildman–Crippen LogP) is 2.13. The summed E-state index contributed by atoms with van der Waals surface area (Å²) in [5, 5.41) is 6.44. The fourth-order valence-electron chi connectivity index (χ4n) is 1.70. The van der Waals surface area contributed by atoms with Crippen LogP contribution < -0.4 is 10.6 Å². The van der Waals surface area contributed by atoms with Crippen LogP contribution in [0.3, 0.4) is 0 Å². The fraction of sp³-hybridized carbons (Fsp3) is 0.933. The minimum Gasteiger partial charge on any atom is -0.381 e. The lowest BCUT2D eigenvalue weighted by Gasteiger charge is -2.18. The van der Waals surface area contributed by atoms with Crippen molar-refractivity contribution in [3.63, 3.8) is 0 Å². The molecule has 132 valence electrons. The Kier molecular flexibility index (Phi) is 11.7. The molecule has 0 aliphatic heterocycles. The van der Waals surface area contributed by atoms with Gasteiger partial charge in [-0.1, -0.05) is 0 Å². The third kappa shape index (κ3) is 10.8. The molecule has 5 nitrogen and oxygen atoms in total. The largest absolute Gasteiger partial charge is 0.381 e. The second-order valence-corrected chi connectivity index (χ2v) is 8.78. The van der Waals surface area contributed by atoms with E-state index >= 15 is 0 Å². The van der Waals surface area contributed by atoms with Gasteiger partial charge >= 0.3 is 0 Å². The minimum atomic E-state index is -0.830. The number of ether oxygens (including phenoxy) is 1. The van der Waals surface area contributed by atoms with Gasteiger partial charge in [0.1, 0.15) is 0 Å². The molecule has 0 bridgehead atoms. The predicted molar refractivity (Wildman–Crippen MR) is 106 cm³/mol. The van der Waals surface area contributed by atoms with Crippen LogP contribution in [0.1, 0.15) is 40.0 Å². The molecule has 1 unspecified atom stereocenters. The van der Waals surface area contributed by atoms with Crippen molar-refractivity contribution in [3.8, 4) is 0 Å². The van der Waals surface area contributed by atoms with Crippen molar-refractivity contribution in [2.45, 2.75) is 44.8 Å². The van der Waals surface area contributed by atoms with Crippen molar-refractivity contribution in [2.75, 3.05) is 39.1 Å². The smallest absolute Gasteiger partial charge is 0.191 e.